The van der Waals surface area contributed by atoms with Crippen LogP contribution in [0.4, 0.5) is 5.69 Å². The van der Waals surface area contributed by atoms with E-state index in [-0.39, 0.29) is 23.7 Å². The molecule has 1 saturated carbocycles. The first-order valence-corrected chi connectivity index (χ1v) is 12.3. The largest absolute Gasteiger partial charge is 0.454 e. The maximum absolute atomic E-state index is 12.5. The number of likely N-dealkylation sites (tertiary alicyclic amines) is 1. The smallest absolute Gasteiger partial charge is 0.326 e. The molecule has 1 aliphatic heterocycles. The van der Waals surface area contributed by atoms with Crippen molar-refractivity contribution in [2.24, 2.45) is 11.8 Å². The lowest BCUT2D eigenvalue weighted by atomic mass is 9.81. The normalized spacial score (nSPS) is 19.6. The Balaban J connectivity index is 1.23. The Kier molecular flexibility index (Phi) is 7.36. The molecule has 2 aromatic carbocycles. The van der Waals surface area contributed by atoms with Gasteiger partial charge in [-0.05, 0) is 74.2 Å². The highest BCUT2D eigenvalue weighted by molar-refractivity contribution is 7.99. The van der Waals surface area contributed by atoms with Crippen LogP contribution in [0.2, 0.25) is 0 Å². The number of anilines is 1. The molecule has 0 aromatic heterocycles. The Morgan fingerprint density at radius 2 is 1.56 bits per heavy atom. The van der Waals surface area contributed by atoms with Gasteiger partial charge in [-0.1, -0.05) is 30.7 Å². The van der Waals surface area contributed by atoms with Crippen LogP contribution in [0.3, 0.4) is 0 Å². The summed E-state index contributed by atoms with van der Waals surface area (Å²) in [7, 11) is 0. The van der Waals surface area contributed by atoms with E-state index in [0.29, 0.717) is 18.5 Å². The quantitative estimate of drug-likeness (QED) is 0.474. The number of fused-ring (bicyclic) bond motifs is 1. The summed E-state index contributed by atoms with van der Waals surface area (Å²) < 4.78 is 5.01. The second kappa shape index (κ2) is 10.4. The summed E-state index contributed by atoms with van der Waals surface area (Å²) >= 11 is 1.63. The van der Waals surface area contributed by atoms with Crippen LogP contribution in [-0.4, -0.2) is 41.7 Å². The maximum atomic E-state index is 12.5. The van der Waals surface area contributed by atoms with Gasteiger partial charge in [0.15, 0.2) is 6.61 Å². The van der Waals surface area contributed by atoms with Crippen molar-refractivity contribution < 1.29 is 23.9 Å². The number of ether oxygens (including phenoxy) is 1. The molecular formula is C26H28N2O5S. The minimum atomic E-state index is -0.768. The standard InChI is InChI=1S/C26H28N2O5S/c1-16-7-10-20(13-17(16)2)34-19-11-8-18(9-12-19)27-23(29)15-33-24(30)14-28-25(31)21-5-3-4-6-22(21)26(28)32/h7-13,21-22H,3-6,14-15H2,1-2H3,(H,27,29). The van der Waals surface area contributed by atoms with Crippen molar-refractivity contribution in [2.75, 3.05) is 18.5 Å². The van der Waals surface area contributed by atoms with E-state index in [9.17, 15) is 19.2 Å². The van der Waals surface area contributed by atoms with Gasteiger partial charge in [-0.3, -0.25) is 24.1 Å². The number of carbonyl (C=O) groups excluding carboxylic acids is 4. The molecule has 0 bridgehead atoms. The van der Waals surface area contributed by atoms with Gasteiger partial charge >= 0.3 is 5.97 Å². The van der Waals surface area contributed by atoms with E-state index in [0.717, 1.165) is 27.5 Å². The second-order valence-corrected chi connectivity index (χ2v) is 9.99. The fourth-order valence-electron chi connectivity index (χ4n) is 4.42. The second-order valence-electron chi connectivity index (χ2n) is 8.84. The summed E-state index contributed by atoms with van der Waals surface area (Å²) in [6, 6.07) is 13.7. The fraction of sp³-hybridized carbons (Fsp3) is 0.385. The molecule has 2 unspecified atom stereocenters. The summed E-state index contributed by atoms with van der Waals surface area (Å²) in [5.41, 5.74) is 3.07. The predicted molar refractivity (Wildman–Crippen MR) is 128 cm³/mol. The number of amides is 3. The van der Waals surface area contributed by atoms with Crippen LogP contribution in [0.1, 0.15) is 36.8 Å². The van der Waals surface area contributed by atoms with Gasteiger partial charge in [0, 0.05) is 15.5 Å². The van der Waals surface area contributed by atoms with E-state index in [4.69, 9.17) is 4.74 Å². The van der Waals surface area contributed by atoms with Crippen LogP contribution in [-0.2, 0) is 23.9 Å². The molecule has 1 aliphatic carbocycles. The minimum Gasteiger partial charge on any atom is -0.454 e. The van der Waals surface area contributed by atoms with Gasteiger partial charge in [-0.2, -0.15) is 0 Å². The number of hydrogen-bond donors (Lipinski definition) is 1. The van der Waals surface area contributed by atoms with Gasteiger partial charge in [0.2, 0.25) is 11.8 Å². The number of hydrogen-bond acceptors (Lipinski definition) is 6. The van der Waals surface area contributed by atoms with E-state index >= 15 is 0 Å². The third-order valence-corrected chi connectivity index (χ3v) is 7.43. The van der Waals surface area contributed by atoms with Crippen molar-refractivity contribution in [1.82, 2.24) is 4.90 Å². The van der Waals surface area contributed by atoms with Crippen molar-refractivity contribution in [2.45, 2.75) is 49.3 Å². The SMILES string of the molecule is Cc1ccc(Sc2ccc(NC(=O)COC(=O)CN3C(=O)C4CCCCC4C3=O)cc2)cc1C. The lowest BCUT2D eigenvalue weighted by Crippen LogP contribution is -2.37. The zero-order valence-corrected chi connectivity index (χ0v) is 20.2. The molecule has 178 valence electrons. The van der Waals surface area contributed by atoms with Gasteiger partial charge < -0.3 is 10.1 Å². The van der Waals surface area contributed by atoms with E-state index in [1.165, 1.54) is 11.1 Å². The molecule has 2 aromatic rings. The van der Waals surface area contributed by atoms with Crippen LogP contribution in [0, 0.1) is 25.7 Å². The van der Waals surface area contributed by atoms with E-state index in [1.54, 1.807) is 23.9 Å². The van der Waals surface area contributed by atoms with Crippen molar-refractivity contribution in [3.63, 3.8) is 0 Å². The third kappa shape index (κ3) is 5.50. The summed E-state index contributed by atoms with van der Waals surface area (Å²) in [6.45, 7) is 3.23. The number of aryl methyl sites for hydroxylation is 2. The van der Waals surface area contributed by atoms with Crippen molar-refractivity contribution in [3.05, 3.63) is 53.6 Å². The number of esters is 1. The van der Waals surface area contributed by atoms with Crippen LogP contribution in [0.25, 0.3) is 0 Å². The van der Waals surface area contributed by atoms with Gasteiger partial charge in [-0.25, -0.2) is 0 Å². The highest BCUT2D eigenvalue weighted by Crippen LogP contribution is 2.37. The zero-order valence-electron chi connectivity index (χ0n) is 19.3. The van der Waals surface area contributed by atoms with Crippen molar-refractivity contribution in [3.8, 4) is 0 Å². The fourth-order valence-corrected chi connectivity index (χ4v) is 5.34. The first kappa shape index (κ1) is 24.0. The van der Waals surface area contributed by atoms with E-state index in [2.05, 4.69) is 37.4 Å². The average Bonchev–Trinajstić information content (AvgIpc) is 3.06. The Bertz CT molecular complexity index is 1090. The van der Waals surface area contributed by atoms with Crippen LogP contribution < -0.4 is 5.32 Å². The molecule has 8 heteroatoms. The van der Waals surface area contributed by atoms with Crippen molar-refractivity contribution >= 4 is 41.1 Å². The molecule has 2 aliphatic rings. The lowest BCUT2D eigenvalue weighted by Gasteiger charge is -2.19. The first-order chi connectivity index (χ1) is 16.3. The van der Waals surface area contributed by atoms with Gasteiger partial charge in [0.1, 0.15) is 6.54 Å². The number of nitrogens with one attached hydrogen (secondary N) is 1. The summed E-state index contributed by atoms with van der Waals surface area (Å²) in [4.78, 5) is 52.4. The molecule has 34 heavy (non-hydrogen) atoms. The molecule has 3 amide bonds. The molecule has 7 nitrogen and oxygen atoms in total. The topological polar surface area (TPSA) is 92.8 Å². The molecule has 4 rings (SSSR count). The Morgan fingerprint density at radius 1 is 0.941 bits per heavy atom. The number of benzene rings is 2. The molecule has 0 spiro atoms. The van der Waals surface area contributed by atoms with Gasteiger partial charge in [0.05, 0.1) is 11.8 Å². The maximum Gasteiger partial charge on any atom is 0.326 e. The Morgan fingerprint density at radius 3 is 2.18 bits per heavy atom. The van der Waals surface area contributed by atoms with E-state index in [1.807, 2.05) is 12.1 Å². The van der Waals surface area contributed by atoms with Crippen LogP contribution in [0.15, 0.2) is 52.3 Å². The summed E-state index contributed by atoms with van der Waals surface area (Å²) in [5, 5.41) is 2.68. The van der Waals surface area contributed by atoms with Crippen LogP contribution >= 0.6 is 11.8 Å². The van der Waals surface area contributed by atoms with Crippen LogP contribution in [0.5, 0.6) is 0 Å². The molecule has 2 fully saturated rings. The number of carbonyl (C=O) groups is 4. The monoisotopic (exact) mass is 480 g/mol. The third-order valence-electron chi connectivity index (χ3n) is 6.44. The van der Waals surface area contributed by atoms with Gasteiger partial charge in [-0.15, -0.1) is 0 Å². The molecule has 1 heterocycles. The number of imide groups is 1. The average molecular weight is 481 g/mol. The summed E-state index contributed by atoms with van der Waals surface area (Å²) in [6.07, 6.45) is 3.21. The summed E-state index contributed by atoms with van der Waals surface area (Å²) in [5.74, 6) is -2.47. The highest BCUT2D eigenvalue weighted by Gasteiger charge is 2.48. The molecule has 2 atom stereocenters. The Labute approximate surface area is 203 Å². The molecule has 0 radical (unpaired) electrons. The number of nitrogens with zero attached hydrogens (tertiary/aromatic N) is 1. The first-order valence-electron chi connectivity index (χ1n) is 11.5. The highest BCUT2D eigenvalue weighted by atomic mass is 32.2. The molecular weight excluding hydrogens is 452 g/mol. The van der Waals surface area contributed by atoms with E-state index < -0.39 is 25.0 Å². The zero-order chi connectivity index (χ0) is 24.2. The molecule has 1 N–H and O–H groups in total. The minimum absolute atomic E-state index is 0.296. The number of rotatable bonds is 7. The van der Waals surface area contributed by atoms with Crippen molar-refractivity contribution in [1.29, 1.82) is 0 Å². The predicted octanol–water partition coefficient (Wildman–Crippen LogP) is 4.11. The lowest BCUT2D eigenvalue weighted by molar-refractivity contribution is -0.154. The van der Waals surface area contributed by atoms with Gasteiger partial charge in [0.25, 0.3) is 5.91 Å². The Hall–Kier alpha value is -3.13. The molecule has 1 saturated heterocycles.